The van der Waals surface area contributed by atoms with Gasteiger partial charge in [-0.15, -0.1) is 10.1 Å². The van der Waals surface area contributed by atoms with Gasteiger partial charge < -0.3 is 86.0 Å². The summed E-state index contributed by atoms with van der Waals surface area (Å²) in [4.78, 5) is 129. The number of hydroxylamine groups is 6. The lowest BCUT2D eigenvalue weighted by Crippen LogP contribution is -2.34. The number of unbranched alkanes of at least 4 members (excludes halogenated alkanes) is 3. The van der Waals surface area contributed by atoms with Gasteiger partial charge in [0.05, 0.1) is 112 Å². The quantitative estimate of drug-likeness (QED) is 0.0507. The van der Waals surface area contributed by atoms with Gasteiger partial charge in [0.15, 0.2) is 0 Å². The van der Waals surface area contributed by atoms with Crippen molar-refractivity contribution in [1.82, 2.24) is 20.5 Å². The molecule has 0 bridgehead atoms. The van der Waals surface area contributed by atoms with E-state index in [1.807, 2.05) is 0 Å². The van der Waals surface area contributed by atoms with Gasteiger partial charge in [0.25, 0.3) is 35.4 Å². The summed E-state index contributed by atoms with van der Waals surface area (Å²) < 4.78 is 78.8. The molecule has 3 saturated heterocycles. The molecule has 3 fully saturated rings. The van der Waals surface area contributed by atoms with E-state index in [2.05, 4.69) is 10.2 Å². The van der Waals surface area contributed by atoms with Gasteiger partial charge in [-0.3, -0.25) is 38.4 Å². The molecule has 32 nitrogen and oxygen atoms in total. The van der Waals surface area contributed by atoms with Crippen molar-refractivity contribution >= 4 is 59.4 Å². The van der Waals surface area contributed by atoms with Crippen molar-refractivity contribution < 1.29 is 134 Å². The first-order valence-electron chi connectivity index (χ1n) is 28.9. The normalized spacial score (nSPS) is 15.0. The summed E-state index contributed by atoms with van der Waals surface area (Å²) in [5, 5.41) is 4.25. The average molecular weight is 1260 g/mol. The number of rotatable bonds is 51. The topological polar surface area (TPSA) is 359 Å². The predicted octanol–water partition coefficient (Wildman–Crippen LogP) is 1.13. The molecular formula is C55H94N4O28. The van der Waals surface area contributed by atoms with Crippen LogP contribution in [0.15, 0.2) is 0 Å². The molecule has 7 amide bonds. The molecule has 0 spiro atoms. The molecule has 0 aromatic heterocycles. The zero-order valence-corrected chi connectivity index (χ0v) is 51.5. The van der Waals surface area contributed by atoms with Crippen LogP contribution in [0.3, 0.4) is 0 Å². The van der Waals surface area contributed by atoms with E-state index < -0.39 is 59.6 Å². The van der Waals surface area contributed by atoms with E-state index in [0.29, 0.717) is 147 Å². The van der Waals surface area contributed by atoms with E-state index in [9.17, 15) is 47.9 Å². The third-order valence-electron chi connectivity index (χ3n) is 11.7. The molecule has 3 unspecified atom stereocenters. The van der Waals surface area contributed by atoms with Crippen molar-refractivity contribution in [2.24, 2.45) is 0 Å². The van der Waals surface area contributed by atoms with Gasteiger partial charge in [-0.2, -0.15) is 0 Å². The molecule has 3 rings (SSSR count). The molecule has 3 aliphatic heterocycles. The van der Waals surface area contributed by atoms with Crippen LogP contribution in [0.5, 0.6) is 0 Å². The van der Waals surface area contributed by atoms with Gasteiger partial charge in [-0.25, -0.2) is 14.4 Å². The summed E-state index contributed by atoms with van der Waals surface area (Å²) in [5.41, 5.74) is 0. The van der Waals surface area contributed by atoms with Crippen LogP contribution in [0.1, 0.15) is 96.3 Å². The standard InChI is InChI=1S/C21H36N2O10.C20H35NO9.C14H23NO9/c1-28-11-13-31-16-17(32-14-12-29-2)15-30-10-4-9-22-18(24)5-3-6-21(27)33-23-19(25)7-8-20(23)26;1-25-11-13-28-16-17(29-14-12-26-2)15-27-10-6-4-3-5-7-20(24)30-21-18(22)8-9-19(21)23;1-19-5-7-21-9-11(22-8-6-20-2)10-23-14(18)24-15-12(16)3-4-13(15)17/h17H,3-16H2,1-2H3,(H,22,24);17H,3-16H2,1-2H3;11H,3-10H2,1-2H3. The molecule has 0 aromatic carbocycles. The SMILES string of the molecule is COCCOCC(COC(=O)ON1C(=O)CCC1=O)OCCOC.COCCOCC(COCCCCCCC(=O)ON1C(=O)CCC1=O)OCCOC.COCCOCC(COCCCNC(=O)CCCC(=O)ON1C(=O)CCC1=O)OCCOC. The molecule has 87 heavy (non-hydrogen) atoms. The van der Waals surface area contributed by atoms with E-state index in [1.54, 1.807) is 35.5 Å². The Labute approximate surface area is 508 Å². The number of hydrogen-bond acceptors (Lipinski definition) is 28. The van der Waals surface area contributed by atoms with Gasteiger partial charge >= 0.3 is 18.1 Å². The summed E-state index contributed by atoms with van der Waals surface area (Å²) in [6.45, 7) is 8.42. The second-order valence-electron chi connectivity index (χ2n) is 18.9. The second-order valence-corrected chi connectivity index (χ2v) is 18.9. The van der Waals surface area contributed by atoms with Crippen LogP contribution < -0.4 is 5.32 Å². The summed E-state index contributed by atoms with van der Waals surface area (Å²) in [7, 11) is 9.53. The van der Waals surface area contributed by atoms with Crippen LogP contribution in [0.4, 0.5) is 4.79 Å². The summed E-state index contributed by atoms with van der Waals surface area (Å²) in [6.07, 6.45) is 2.54. The molecule has 1 N–H and O–H groups in total. The summed E-state index contributed by atoms with van der Waals surface area (Å²) >= 11 is 0. The van der Waals surface area contributed by atoms with Crippen LogP contribution in [0.2, 0.25) is 0 Å². The molecule has 0 aromatic rings. The maximum absolute atomic E-state index is 11.9. The Hall–Kier alpha value is -5.46. The van der Waals surface area contributed by atoms with Gasteiger partial charge in [0.1, 0.15) is 24.9 Å². The maximum atomic E-state index is 11.9. The molecule has 32 heteroatoms. The number of methoxy groups -OCH3 is 6. The lowest BCUT2D eigenvalue weighted by atomic mass is 10.1. The zero-order valence-electron chi connectivity index (χ0n) is 51.5. The predicted molar refractivity (Wildman–Crippen MR) is 297 cm³/mol. The number of nitrogens with zero attached hydrogens (tertiary/aromatic N) is 3. The molecular weight excluding hydrogens is 1160 g/mol. The number of ether oxygens (including phenoxy) is 15. The highest BCUT2D eigenvalue weighted by Gasteiger charge is 2.35. The minimum Gasteiger partial charge on any atom is -0.430 e. The minimum absolute atomic E-state index is 0.0161. The highest BCUT2D eigenvalue weighted by Crippen LogP contribution is 2.16. The molecule has 0 saturated carbocycles. The Morgan fingerprint density at radius 3 is 1.07 bits per heavy atom. The second kappa shape index (κ2) is 53.6. The monoisotopic (exact) mass is 1260 g/mol. The van der Waals surface area contributed by atoms with E-state index in [0.717, 1.165) is 19.3 Å². The number of carbonyl (C=O) groups is 10. The molecule has 0 radical (unpaired) electrons. The number of nitrogens with one attached hydrogen (secondary N) is 1. The van der Waals surface area contributed by atoms with E-state index in [4.69, 9.17) is 80.7 Å². The fourth-order valence-electron chi connectivity index (χ4n) is 7.07. The van der Waals surface area contributed by atoms with Crippen molar-refractivity contribution in [2.75, 3.05) is 181 Å². The molecule has 3 heterocycles. The van der Waals surface area contributed by atoms with Crippen LogP contribution in [-0.4, -0.2) is 274 Å². The molecule has 502 valence electrons. The smallest absolute Gasteiger partial charge is 0.430 e. The number of carbonyl (C=O) groups excluding carboxylic acids is 10. The Bertz CT molecular complexity index is 1890. The van der Waals surface area contributed by atoms with E-state index >= 15 is 0 Å². The first kappa shape index (κ1) is 79.6. The molecule has 3 aliphatic rings. The van der Waals surface area contributed by atoms with Gasteiger partial charge in [-0.05, 0) is 25.7 Å². The Morgan fingerprint density at radius 1 is 0.356 bits per heavy atom. The summed E-state index contributed by atoms with van der Waals surface area (Å²) in [5.74, 6) is -4.60. The van der Waals surface area contributed by atoms with Crippen LogP contribution in [0.25, 0.3) is 0 Å². The average Bonchev–Trinajstić information content (AvgIpc) is 4.08. The van der Waals surface area contributed by atoms with Gasteiger partial charge in [-0.1, -0.05) is 17.9 Å². The van der Waals surface area contributed by atoms with Crippen LogP contribution >= 0.6 is 0 Å². The maximum Gasteiger partial charge on any atom is 0.534 e. The Morgan fingerprint density at radius 2 is 0.678 bits per heavy atom. The number of imide groups is 3. The highest BCUT2D eigenvalue weighted by molar-refractivity contribution is 6.02. The Kier molecular flexibility index (Phi) is 49.0. The first-order chi connectivity index (χ1) is 42.1. The minimum atomic E-state index is -1.16. The van der Waals surface area contributed by atoms with Crippen LogP contribution in [-0.2, 0) is 129 Å². The zero-order chi connectivity index (χ0) is 64.1. The highest BCUT2D eigenvalue weighted by atomic mass is 16.8. The first-order valence-corrected chi connectivity index (χ1v) is 28.9. The number of hydrogen-bond donors (Lipinski definition) is 1. The van der Waals surface area contributed by atoms with Crippen molar-refractivity contribution in [3.05, 3.63) is 0 Å². The molecule has 0 aliphatic carbocycles. The number of amides is 7. The van der Waals surface area contributed by atoms with Gasteiger partial charge in [0.2, 0.25) is 5.91 Å². The molecule has 3 atom stereocenters. The lowest BCUT2D eigenvalue weighted by molar-refractivity contribution is -0.197. The third kappa shape index (κ3) is 41.4. The Balaban J connectivity index is 0.000000660. The van der Waals surface area contributed by atoms with Crippen molar-refractivity contribution in [3.8, 4) is 0 Å². The van der Waals surface area contributed by atoms with Crippen LogP contribution in [0, 0.1) is 0 Å². The largest absolute Gasteiger partial charge is 0.534 e. The summed E-state index contributed by atoms with van der Waals surface area (Å²) in [6, 6.07) is 0. The van der Waals surface area contributed by atoms with Crippen molar-refractivity contribution in [2.45, 2.75) is 115 Å². The van der Waals surface area contributed by atoms with E-state index in [1.165, 1.54) is 7.11 Å². The van der Waals surface area contributed by atoms with Gasteiger partial charge in [0, 0.05) is 120 Å². The fourth-order valence-corrected chi connectivity index (χ4v) is 7.07. The van der Waals surface area contributed by atoms with E-state index in [-0.39, 0.29) is 102 Å². The third-order valence-corrected chi connectivity index (χ3v) is 11.7. The van der Waals surface area contributed by atoms with Crippen molar-refractivity contribution in [3.63, 3.8) is 0 Å². The lowest BCUT2D eigenvalue weighted by Gasteiger charge is -2.18. The fraction of sp³-hybridized carbons (Fsp3) is 0.818. The van der Waals surface area contributed by atoms with Crippen molar-refractivity contribution in [1.29, 1.82) is 0 Å².